The first-order chi connectivity index (χ1) is 13.9. The van der Waals surface area contributed by atoms with Crippen LogP contribution in [0.5, 0.6) is 5.75 Å². The van der Waals surface area contributed by atoms with Crippen molar-refractivity contribution in [3.63, 3.8) is 0 Å². The van der Waals surface area contributed by atoms with Crippen LogP contribution in [0.25, 0.3) is 11.2 Å². The Bertz CT molecular complexity index is 1180. The Kier molecular flexibility index (Phi) is 4.61. The van der Waals surface area contributed by atoms with Crippen LogP contribution in [0.2, 0.25) is 0 Å². The predicted molar refractivity (Wildman–Crippen MR) is 108 cm³/mol. The van der Waals surface area contributed by atoms with Crippen molar-refractivity contribution in [1.29, 1.82) is 0 Å². The molecule has 3 aromatic rings. The van der Waals surface area contributed by atoms with Crippen LogP contribution in [0.3, 0.4) is 0 Å². The second-order valence-corrected chi connectivity index (χ2v) is 6.97. The summed E-state index contributed by atoms with van der Waals surface area (Å²) in [7, 11) is 4.61. The number of amides is 1. The van der Waals surface area contributed by atoms with E-state index in [1.54, 1.807) is 43.3 Å². The number of methoxy groups -OCH3 is 1. The summed E-state index contributed by atoms with van der Waals surface area (Å²) in [5.74, 6) is 1.19. The number of nitrogens with zero attached hydrogens (tertiary/aromatic N) is 5. The SMILES string of the molecule is COc1ccc(C(=O)N2CCN(c3nc4c(=O)n(C)c(=O)n(C)c4[nH]3)CC2)cc1. The number of nitrogens with one attached hydrogen (secondary N) is 1. The molecule has 1 N–H and O–H groups in total. The van der Waals surface area contributed by atoms with Crippen LogP contribution in [-0.4, -0.2) is 63.2 Å². The Morgan fingerprint density at radius 1 is 1.03 bits per heavy atom. The smallest absolute Gasteiger partial charge is 0.332 e. The van der Waals surface area contributed by atoms with Gasteiger partial charge in [0.2, 0.25) is 5.95 Å². The first kappa shape index (κ1) is 18.8. The van der Waals surface area contributed by atoms with Gasteiger partial charge >= 0.3 is 5.69 Å². The number of H-pyrrole nitrogens is 1. The highest BCUT2D eigenvalue weighted by atomic mass is 16.5. The van der Waals surface area contributed by atoms with E-state index in [9.17, 15) is 14.4 Å². The highest BCUT2D eigenvalue weighted by molar-refractivity contribution is 5.94. The highest BCUT2D eigenvalue weighted by Gasteiger charge is 2.25. The van der Waals surface area contributed by atoms with Gasteiger partial charge in [0.05, 0.1) is 7.11 Å². The maximum atomic E-state index is 12.7. The van der Waals surface area contributed by atoms with Crippen molar-refractivity contribution in [2.45, 2.75) is 0 Å². The fourth-order valence-electron chi connectivity index (χ4n) is 3.50. The molecule has 0 unspecified atom stereocenters. The van der Waals surface area contributed by atoms with Gasteiger partial charge in [-0.15, -0.1) is 0 Å². The summed E-state index contributed by atoms with van der Waals surface area (Å²) in [4.78, 5) is 48.4. The van der Waals surface area contributed by atoms with Crippen LogP contribution < -0.4 is 20.9 Å². The average Bonchev–Trinajstić information content (AvgIpc) is 3.21. The number of benzene rings is 1. The van der Waals surface area contributed by atoms with Crippen molar-refractivity contribution < 1.29 is 9.53 Å². The van der Waals surface area contributed by atoms with Gasteiger partial charge in [-0.2, -0.15) is 0 Å². The van der Waals surface area contributed by atoms with Gasteiger partial charge in [-0.3, -0.25) is 18.7 Å². The molecule has 4 rings (SSSR count). The van der Waals surface area contributed by atoms with Crippen LogP contribution in [0.1, 0.15) is 10.4 Å². The molecule has 1 saturated heterocycles. The van der Waals surface area contributed by atoms with E-state index in [1.807, 2.05) is 4.90 Å². The van der Waals surface area contributed by atoms with E-state index in [0.29, 0.717) is 49.1 Å². The number of rotatable bonds is 3. The molecule has 1 amide bonds. The largest absolute Gasteiger partial charge is 0.497 e. The maximum Gasteiger partial charge on any atom is 0.332 e. The number of carbonyl (C=O) groups excluding carboxylic acids is 1. The first-order valence-electron chi connectivity index (χ1n) is 9.24. The van der Waals surface area contributed by atoms with Crippen molar-refractivity contribution >= 4 is 23.0 Å². The van der Waals surface area contributed by atoms with Crippen LogP contribution in [0, 0.1) is 0 Å². The van der Waals surface area contributed by atoms with E-state index in [2.05, 4.69) is 9.97 Å². The first-order valence-corrected chi connectivity index (χ1v) is 9.24. The Balaban J connectivity index is 1.51. The topological polar surface area (TPSA) is 105 Å². The molecular formula is C19H22N6O4. The van der Waals surface area contributed by atoms with Gasteiger partial charge in [0.15, 0.2) is 5.52 Å². The number of hydrogen-bond acceptors (Lipinski definition) is 6. The predicted octanol–water partition coefficient (Wildman–Crippen LogP) is -0.0687. The van der Waals surface area contributed by atoms with E-state index >= 15 is 0 Å². The van der Waals surface area contributed by atoms with Gasteiger partial charge in [-0.1, -0.05) is 0 Å². The van der Waals surface area contributed by atoms with Crippen molar-refractivity contribution in [1.82, 2.24) is 24.0 Å². The Labute approximate surface area is 165 Å². The summed E-state index contributed by atoms with van der Waals surface area (Å²) < 4.78 is 7.54. The van der Waals surface area contributed by atoms with E-state index in [1.165, 1.54) is 11.6 Å². The molecule has 0 aliphatic carbocycles. The summed E-state index contributed by atoms with van der Waals surface area (Å²) >= 11 is 0. The van der Waals surface area contributed by atoms with Gasteiger partial charge in [0.25, 0.3) is 11.5 Å². The van der Waals surface area contributed by atoms with E-state index in [-0.39, 0.29) is 11.4 Å². The second-order valence-electron chi connectivity index (χ2n) is 6.97. The van der Waals surface area contributed by atoms with Crippen molar-refractivity contribution in [3.8, 4) is 5.75 Å². The zero-order valence-electron chi connectivity index (χ0n) is 16.5. The number of ether oxygens (including phenoxy) is 1. The third-order valence-electron chi connectivity index (χ3n) is 5.29. The lowest BCUT2D eigenvalue weighted by Crippen LogP contribution is -2.49. The second kappa shape index (κ2) is 7.12. The zero-order chi connectivity index (χ0) is 20.7. The van der Waals surface area contributed by atoms with Crippen LogP contribution in [-0.2, 0) is 14.1 Å². The Hall–Kier alpha value is -3.56. The zero-order valence-corrected chi connectivity index (χ0v) is 16.5. The van der Waals surface area contributed by atoms with E-state index < -0.39 is 11.2 Å². The van der Waals surface area contributed by atoms with Crippen LogP contribution >= 0.6 is 0 Å². The third-order valence-corrected chi connectivity index (χ3v) is 5.29. The molecule has 3 heterocycles. The number of imidazole rings is 1. The number of aryl methyl sites for hydroxylation is 1. The van der Waals surface area contributed by atoms with Gasteiger partial charge in [-0.05, 0) is 24.3 Å². The lowest BCUT2D eigenvalue weighted by Gasteiger charge is -2.34. The van der Waals surface area contributed by atoms with E-state index in [0.717, 1.165) is 4.57 Å². The minimum Gasteiger partial charge on any atom is -0.497 e. The molecule has 0 spiro atoms. The monoisotopic (exact) mass is 398 g/mol. The van der Waals surface area contributed by atoms with Gasteiger partial charge in [0, 0.05) is 45.8 Å². The van der Waals surface area contributed by atoms with Gasteiger partial charge < -0.3 is 19.5 Å². The fourth-order valence-corrected chi connectivity index (χ4v) is 3.50. The molecular weight excluding hydrogens is 376 g/mol. The molecule has 0 atom stereocenters. The minimum absolute atomic E-state index is 0.0341. The molecule has 10 heteroatoms. The maximum absolute atomic E-state index is 12.7. The molecule has 1 aromatic carbocycles. The lowest BCUT2D eigenvalue weighted by molar-refractivity contribution is 0.0746. The average molecular weight is 398 g/mol. The summed E-state index contributed by atoms with van der Waals surface area (Å²) in [6, 6.07) is 7.04. The molecule has 2 aromatic heterocycles. The fraction of sp³-hybridized carbons (Fsp3) is 0.368. The van der Waals surface area contributed by atoms with Crippen molar-refractivity contribution in [3.05, 3.63) is 50.7 Å². The molecule has 29 heavy (non-hydrogen) atoms. The molecule has 152 valence electrons. The molecule has 10 nitrogen and oxygen atoms in total. The number of hydrogen-bond donors (Lipinski definition) is 1. The summed E-state index contributed by atoms with van der Waals surface area (Å²) in [6.45, 7) is 2.18. The van der Waals surface area contributed by atoms with Crippen LogP contribution in [0.15, 0.2) is 33.9 Å². The number of fused-ring (bicyclic) bond motifs is 1. The third kappa shape index (κ3) is 3.16. The summed E-state index contributed by atoms with van der Waals surface area (Å²) in [5, 5.41) is 0. The molecule has 1 fully saturated rings. The summed E-state index contributed by atoms with van der Waals surface area (Å²) in [6.07, 6.45) is 0. The van der Waals surface area contributed by atoms with Crippen molar-refractivity contribution in [2.24, 2.45) is 14.1 Å². The molecule has 0 bridgehead atoms. The number of aromatic nitrogens is 4. The lowest BCUT2D eigenvalue weighted by atomic mass is 10.1. The molecule has 0 saturated carbocycles. The highest BCUT2D eigenvalue weighted by Crippen LogP contribution is 2.18. The van der Waals surface area contributed by atoms with Gasteiger partial charge in [0.1, 0.15) is 11.4 Å². The Morgan fingerprint density at radius 2 is 1.69 bits per heavy atom. The number of piperazine rings is 1. The Morgan fingerprint density at radius 3 is 2.31 bits per heavy atom. The molecule has 1 aliphatic rings. The normalized spacial score (nSPS) is 14.4. The molecule has 0 radical (unpaired) electrons. The quantitative estimate of drug-likeness (QED) is 0.662. The van der Waals surface area contributed by atoms with Crippen LogP contribution in [0.4, 0.5) is 5.95 Å². The van der Waals surface area contributed by atoms with Gasteiger partial charge in [-0.25, -0.2) is 9.78 Å². The number of aromatic amines is 1. The minimum atomic E-state index is -0.432. The van der Waals surface area contributed by atoms with Crippen molar-refractivity contribution in [2.75, 3.05) is 38.2 Å². The standard InChI is InChI=1S/C19H22N6O4/c1-22-15-14(17(27)23(2)19(22)28)20-18(21-15)25-10-8-24(9-11-25)16(26)12-4-6-13(29-3)7-5-12/h4-7H,8-11H2,1-3H3,(H,20,21). The summed E-state index contributed by atoms with van der Waals surface area (Å²) in [5.41, 5.74) is 0.388. The number of carbonyl (C=O) groups is 1. The molecule has 1 aliphatic heterocycles. The van der Waals surface area contributed by atoms with E-state index in [4.69, 9.17) is 4.74 Å². The number of anilines is 1.